The Balaban J connectivity index is 2.32. The van der Waals surface area contributed by atoms with Gasteiger partial charge in [0.05, 0.1) is 17.1 Å². The van der Waals surface area contributed by atoms with Crippen LogP contribution in [0.25, 0.3) is 0 Å². The lowest BCUT2D eigenvalue weighted by Crippen LogP contribution is -2.28. The Morgan fingerprint density at radius 3 is 2.53 bits per heavy atom. The minimum atomic E-state index is -3.00. The van der Waals surface area contributed by atoms with Crippen LogP contribution in [0, 0.1) is 0 Å². The van der Waals surface area contributed by atoms with Crippen molar-refractivity contribution in [1.29, 1.82) is 0 Å². The van der Waals surface area contributed by atoms with Crippen molar-refractivity contribution in [1.82, 2.24) is 0 Å². The van der Waals surface area contributed by atoms with Crippen LogP contribution in [0.2, 0.25) is 5.02 Å². The van der Waals surface area contributed by atoms with E-state index in [9.17, 15) is 18.4 Å². The highest BCUT2D eigenvalue weighted by Crippen LogP contribution is 2.33. The van der Waals surface area contributed by atoms with E-state index < -0.39 is 18.4 Å². The predicted octanol–water partition coefficient (Wildman–Crippen LogP) is 2.76. The molecule has 0 saturated carbocycles. The molecular weight excluding hydrogens is 280 g/mol. The molecule has 1 aliphatic heterocycles. The normalized spacial score (nSPS) is 15.6. The second kappa shape index (κ2) is 4.97. The zero-order chi connectivity index (χ0) is 14.2. The Kier molecular flexibility index (Phi) is 3.53. The molecule has 1 aromatic carbocycles. The number of nitrogens with zero attached hydrogens (tertiary/aromatic N) is 1. The highest BCUT2D eigenvalue weighted by molar-refractivity contribution is 6.33. The fraction of sp³-hybridized carbons (Fsp3) is 0.167. The van der Waals surface area contributed by atoms with Crippen molar-refractivity contribution in [2.75, 3.05) is 4.90 Å². The molecule has 0 aliphatic carbocycles. The maximum absolute atomic E-state index is 12.1. The molecule has 0 atom stereocenters. The van der Waals surface area contributed by atoms with E-state index in [1.807, 2.05) is 0 Å². The molecule has 100 valence electrons. The van der Waals surface area contributed by atoms with E-state index in [0.717, 1.165) is 4.90 Å². The second-order valence-corrected chi connectivity index (χ2v) is 4.22. The van der Waals surface area contributed by atoms with Gasteiger partial charge in [0, 0.05) is 5.57 Å². The number of hydrogen-bond acceptors (Lipinski definition) is 3. The maximum Gasteiger partial charge on any atom is 0.387 e. The first kappa shape index (κ1) is 13.5. The number of anilines is 1. The molecule has 0 radical (unpaired) electrons. The first-order chi connectivity index (χ1) is 8.90. The Morgan fingerprint density at radius 2 is 2.05 bits per heavy atom. The lowest BCUT2D eigenvalue weighted by Gasteiger charge is -2.15. The molecule has 1 fully saturated rings. The zero-order valence-corrected chi connectivity index (χ0v) is 10.3. The van der Waals surface area contributed by atoms with Crippen molar-refractivity contribution in [3.63, 3.8) is 0 Å². The van der Waals surface area contributed by atoms with E-state index in [0.29, 0.717) is 0 Å². The highest BCUT2D eigenvalue weighted by atomic mass is 35.5. The summed E-state index contributed by atoms with van der Waals surface area (Å²) in [5.74, 6) is -1.18. The van der Waals surface area contributed by atoms with Gasteiger partial charge in [-0.25, -0.2) is 4.90 Å². The molecule has 1 aromatic rings. The molecule has 0 unspecified atom stereocenters. The van der Waals surface area contributed by atoms with Crippen LogP contribution in [-0.4, -0.2) is 18.4 Å². The predicted molar refractivity (Wildman–Crippen MR) is 64.3 cm³/mol. The van der Waals surface area contributed by atoms with Crippen LogP contribution in [0.4, 0.5) is 14.5 Å². The van der Waals surface area contributed by atoms with Crippen LogP contribution in [0.15, 0.2) is 30.4 Å². The summed E-state index contributed by atoms with van der Waals surface area (Å²) in [6.07, 6.45) is -0.0638. The van der Waals surface area contributed by atoms with Crippen molar-refractivity contribution in [2.24, 2.45) is 0 Å². The highest BCUT2D eigenvalue weighted by Gasteiger charge is 2.34. The summed E-state index contributed by atoms with van der Waals surface area (Å²) < 4.78 is 28.3. The van der Waals surface area contributed by atoms with Gasteiger partial charge in [-0.1, -0.05) is 18.2 Å². The monoisotopic (exact) mass is 287 g/mol. The van der Waals surface area contributed by atoms with Crippen LogP contribution in [0.1, 0.15) is 6.42 Å². The summed E-state index contributed by atoms with van der Waals surface area (Å²) in [4.78, 5) is 24.2. The molecule has 0 spiro atoms. The number of imide groups is 1. The van der Waals surface area contributed by atoms with Gasteiger partial charge < -0.3 is 4.74 Å². The Hall–Kier alpha value is -1.95. The van der Waals surface area contributed by atoms with Gasteiger partial charge in [-0.15, -0.1) is 0 Å². The quantitative estimate of drug-likeness (QED) is 0.634. The summed E-state index contributed by atoms with van der Waals surface area (Å²) in [5, 5.41) is -0.115. The molecule has 7 heteroatoms. The lowest BCUT2D eigenvalue weighted by molar-refractivity contribution is -0.120. The standard InChI is InChI=1S/C12H8ClF2NO3/c1-6-4-10(17)16(11(6)18)7-2-3-9(8(13)5-7)19-12(14)15/h2-3,5,12H,1,4H2. The Labute approximate surface area is 112 Å². The van der Waals surface area contributed by atoms with Gasteiger partial charge in [-0.2, -0.15) is 8.78 Å². The number of amides is 2. The van der Waals surface area contributed by atoms with E-state index in [-0.39, 0.29) is 28.5 Å². The van der Waals surface area contributed by atoms with E-state index >= 15 is 0 Å². The van der Waals surface area contributed by atoms with Gasteiger partial charge in [0.2, 0.25) is 5.91 Å². The third kappa shape index (κ3) is 2.58. The Morgan fingerprint density at radius 1 is 1.37 bits per heavy atom. The van der Waals surface area contributed by atoms with E-state index in [2.05, 4.69) is 11.3 Å². The molecule has 1 aliphatic rings. The summed E-state index contributed by atoms with van der Waals surface area (Å²) in [5.41, 5.74) is 0.370. The largest absolute Gasteiger partial charge is 0.433 e. The maximum atomic E-state index is 12.1. The molecule has 0 N–H and O–H groups in total. The zero-order valence-electron chi connectivity index (χ0n) is 9.53. The van der Waals surface area contributed by atoms with Crippen molar-refractivity contribution in [2.45, 2.75) is 13.0 Å². The van der Waals surface area contributed by atoms with Crippen molar-refractivity contribution in [3.05, 3.63) is 35.4 Å². The first-order valence-electron chi connectivity index (χ1n) is 5.19. The molecule has 0 bridgehead atoms. The average Bonchev–Trinajstić information content (AvgIpc) is 2.56. The number of benzene rings is 1. The first-order valence-corrected chi connectivity index (χ1v) is 5.57. The average molecular weight is 288 g/mol. The van der Waals surface area contributed by atoms with Gasteiger partial charge in [-0.05, 0) is 18.2 Å². The molecule has 2 amide bonds. The van der Waals surface area contributed by atoms with Crippen LogP contribution < -0.4 is 9.64 Å². The van der Waals surface area contributed by atoms with Gasteiger partial charge in [0.1, 0.15) is 5.75 Å². The minimum Gasteiger partial charge on any atom is -0.433 e. The lowest BCUT2D eigenvalue weighted by atomic mass is 10.2. The van der Waals surface area contributed by atoms with Gasteiger partial charge in [-0.3, -0.25) is 9.59 Å². The molecule has 2 rings (SSSR count). The third-order valence-electron chi connectivity index (χ3n) is 2.51. The summed E-state index contributed by atoms with van der Waals surface area (Å²) in [6, 6.07) is 3.69. The summed E-state index contributed by atoms with van der Waals surface area (Å²) in [7, 11) is 0. The third-order valence-corrected chi connectivity index (χ3v) is 2.80. The van der Waals surface area contributed by atoms with Gasteiger partial charge in [0.25, 0.3) is 5.91 Å². The molecule has 19 heavy (non-hydrogen) atoms. The minimum absolute atomic E-state index is 0.0638. The Bertz CT molecular complexity index is 574. The number of carbonyl (C=O) groups is 2. The number of rotatable bonds is 3. The van der Waals surface area contributed by atoms with Crippen LogP contribution >= 0.6 is 11.6 Å². The van der Waals surface area contributed by atoms with Gasteiger partial charge >= 0.3 is 6.61 Å². The summed E-state index contributed by atoms with van der Waals surface area (Å²) in [6.45, 7) is 0.470. The van der Waals surface area contributed by atoms with Crippen molar-refractivity contribution in [3.8, 4) is 5.75 Å². The molecular formula is C12H8ClF2NO3. The van der Waals surface area contributed by atoms with Crippen molar-refractivity contribution < 1.29 is 23.1 Å². The summed E-state index contributed by atoms with van der Waals surface area (Å²) >= 11 is 5.75. The number of ether oxygens (including phenoxy) is 1. The van der Waals surface area contributed by atoms with Gasteiger partial charge in [0.15, 0.2) is 0 Å². The molecule has 0 aromatic heterocycles. The topological polar surface area (TPSA) is 46.6 Å². The smallest absolute Gasteiger partial charge is 0.387 e. The SMILES string of the molecule is C=C1CC(=O)N(c2ccc(OC(F)F)c(Cl)c2)C1=O. The molecule has 4 nitrogen and oxygen atoms in total. The molecule has 1 saturated heterocycles. The number of halogens is 3. The number of alkyl halides is 2. The van der Waals surface area contributed by atoms with Crippen LogP contribution in [-0.2, 0) is 9.59 Å². The second-order valence-electron chi connectivity index (χ2n) is 3.81. The van der Waals surface area contributed by atoms with Crippen LogP contribution in [0.3, 0.4) is 0 Å². The van der Waals surface area contributed by atoms with E-state index in [1.165, 1.54) is 18.2 Å². The molecule has 1 heterocycles. The van der Waals surface area contributed by atoms with Crippen LogP contribution in [0.5, 0.6) is 5.75 Å². The fourth-order valence-corrected chi connectivity index (χ4v) is 1.91. The number of carbonyl (C=O) groups excluding carboxylic acids is 2. The number of hydrogen-bond donors (Lipinski definition) is 0. The van der Waals surface area contributed by atoms with E-state index in [4.69, 9.17) is 11.6 Å². The fourth-order valence-electron chi connectivity index (χ4n) is 1.69. The van der Waals surface area contributed by atoms with Crippen molar-refractivity contribution >= 4 is 29.1 Å². The van der Waals surface area contributed by atoms with E-state index in [1.54, 1.807) is 0 Å².